The van der Waals surface area contributed by atoms with E-state index in [0.717, 1.165) is 21.2 Å². The average Bonchev–Trinajstić information content (AvgIpc) is 2.99. The summed E-state index contributed by atoms with van der Waals surface area (Å²) in [6.45, 7) is 0.457. The molecule has 0 aliphatic carbocycles. The second-order valence-electron chi connectivity index (χ2n) is 9.94. The fourth-order valence-corrected chi connectivity index (χ4v) is 6.02. The SMILES string of the molecule is CSc1ccc(C=CC(=O)N2CCC(C(=O)N[C@@H](CNC(=O)Cc3cccc4ccccc34)C(=O)O)CC2)c(Cl)c1Cl. The number of piperidine rings is 1. The monoisotopic (exact) mass is 627 g/mol. The number of aliphatic carboxylic acids is 1. The lowest BCUT2D eigenvalue weighted by Gasteiger charge is -2.31. The first-order valence-electron chi connectivity index (χ1n) is 13.4. The number of hydrogen-bond donors (Lipinski definition) is 3. The Kier molecular flexibility index (Phi) is 10.9. The molecular formula is C31H31Cl2N3O5S. The van der Waals surface area contributed by atoms with Crippen LogP contribution in [0.3, 0.4) is 0 Å². The van der Waals surface area contributed by atoms with Gasteiger partial charge in [0.1, 0.15) is 6.04 Å². The first-order valence-corrected chi connectivity index (χ1v) is 15.4. The molecule has 220 valence electrons. The summed E-state index contributed by atoms with van der Waals surface area (Å²) in [5, 5.41) is 17.6. The Balaban J connectivity index is 1.26. The molecule has 8 nitrogen and oxygen atoms in total. The number of carbonyl (C=O) groups excluding carboxylic acids is 3. The Morgan fingerprint density at radius 3 is 2.45 bits per heavy atom. The van der Waals surface area contributed by atoms with Crippen LogP contribution in [0.25, 0.3) is 16.8 Å². The number of nitrogens with zero attached hydrogens (tertiary/aromatic N) is 1. The van der Waals surface area contributed by atoms with Gasteiger partial charge in [-0.1, -0.05) is 71.7 Å². The standard InChI is InChI=1S/C31H31Cl2N3O5S/c1-42-25-11-9-20(28(32)29(25)33)10-12-27(38)36-15-13-21(14-16-36)30(39)35-24(31(40)41)18-34-26(37)17-22-7-4-6-19-5-2-3-8-23(19)22/h2-12,21,24H,13-18H2,1H3,(H,34,37)(H,35,39)(H,40,41)/t24-/m0/s1. The fraction of sp³-hybridized carbons (Fsp3) is 0.290. The smallest absolute Gasteiger partial charge is 0.328 e. The highest BCUT2D eigenvalue weighted by Crippen LogP contribution is 2.35. The van der Waals surface area contributed by atoms with Gasteiger partial charge in [0.05, 0.1) is 16.5 Å². The minimum atomic E-state index is -1.27. The number of benzene rings is 3. The van der Waals surface area contributed by atoms with Crippen molar-refractivity contribution in [2.24, 2.45) is 5.92 Å². The van der Waals surface area contributed by atoms with E-state index in [2.05, 4.69) is 10.6 Å². The van der Waals surface area contributed by atoms with Crippen molar-refractivity contribution in [3.63, 3.8) is 0 Å². The number of rotatable bonds is 10. The highest BCUT2D eigenvalue weighted by atomic mass is 35.5. The molecule has 1 saturated heterocycles. The van der Waals surface area contributed by atoms with Gasteiger partial charge in [-0.05, 0) is 53.1 Å². The molecule has 1 atom stereocenters. The number of carbonyl (C=O) groups is 4. The van der Waals surface area contributed by atoms with Crippen molar-refractivity contribution < 1.29 is 24.3 Å². The number of hydrogen-bond acceptors (Lipinski definition) is 5. The first-order chi connectivity index (χ1) is 20.2. The summed E-state index contributed by atoms with van der Waals surface area (Å²) in [5.74, 6) is -2.65. The number of amides is 3. The van der Waals surface area contributed by atoms with Crippen LogP contribution in [0, 0.1) is 5.92 Å². The Hall–Kier alpha value is -3.53. The Labute approximate surface area is 258 Å². The van der Waals surface area contributed by atoms with Crippen LogP contribution in [-0.4, -0.2) is 65.6 Å². The summed E-state index contributed by atoms with van der Waals surface area (Å²) in [4.78, 5) is 52.5. The quantitative estimate of drug-likeness (QED) is 0.214. The third-order valence-corrected chi connectivity index (χ3v) is 9.02. The van der Waals surface area contributed by atoms with Crippen LogP contribution < -0.4 is 10.6 Å². The molecule has 3 N–H and O–H groups in total. The maximum absolute atomic E-state index is 12.9. The van der Waals surface area contributed by atoms with Gasteiger partial charge in [-0.25, -0.2) is 4.79 Å². The molecule has 1 aliphatic rings. The molecule has 0 saturated carbocycles. The predicted octanol–water partition coefficient (Wildman–Crippen LogP) is 5.05. The van der Waals surface area contributed by atoms with Gasteiger partial charge in [-0.3, -0.25) is 14.4 Å². The van der Waals surface area contributed by atoms with E-state index in [1.807, 2.05) is 54.8 Å². The molecule has 0 aromatic heterocycles. The first kappa shape index (κ1) is 31.4. The van der Waals surface area contributed by atoms with Crippen molar-refractivity contribution in [2.75, 3.05) is 25.9 Å². The predicted molar refractivity (Wildman–Crippen MR) is 167 cm³/mol. The highest BCUT2D eigenvalue weighted by molar-refractivity contribution is 7.98. The van der Waals surface area contributed by atoms with E-state index < -0.39 is 23.8 Å². The number of fused-ring (bicyclic) bond motifs is 1. The van der Waals surface area contributed by atoms with Gasteiger partial charge in [0.2, 0.25) is 17.7 Å². The second kappa shape index (κ2) is 14.6. The van der Waals surface area contributed by atoms with Crippen LogP contribution in [0.1, 0.15) is 24.0 Å². The molecule has 4 rings (SSSR count). The van der Waals surface area contributed by atoms with Crippen LogP contribution in [0.5, 0.6) is 0 Å². The van der Waals surface area contributed by atoms with Gasteiger partial charge in [0.25, 0.3) is 0 Å². The lowest BCUT2D eigenvalue weighted by atomic mass is 9.95. The zero-order chi connectivity index (χ0) is 30.2. The van der Waals surface area contributed by atoms with Crippen molar-refractivity contribution in [1.29, 1.82) is 0 Å². The molecule has 3 aromatic carbocycles. The molecule has 0 spiro atoms. The molecule has 3 amide bonds. The number of likely N-dealkylation sites (tertiary alicyclic amines) is 1. The van der Waals surface area contributed by atoms with E-state index in [-0.39, 0.29) is 24.8 Å². The topological polar surface area (TPSA) is 116 Å². The van der Waals surface area contributed by atoms with Crippen molar-refractivity contribution in [1.82, 2.24) is 15.5 Å². The van der Waals surface area contributed by atoms with Gasteiger partial charge in [-0.15, -0.1) is 11.8 Å². The van der Waals surface area contributed by atoms with Crippen molar-refractivity contribution in [3.05, 3.63) is 81.8 Å². The molecule has 1 fully saturated rings. The van der Waals surface area contributed by atoms with Gasteiger partial charge in [0, 0.05) is 36.5 Å². The maximum Gasteiger partial charge on any atom is 0.328 e. The van der Waals surface area contributed by atoms with Gasteiger partial charge >= 0.3 is 5.97 Å². The summed E-state index contributed by atoms with van der Waals surface area (Å²) >= 11 is 14.1. The Bertz CT molecular complexity index is 1520. The zero-order valence-corrected chi connectivity index (χ0v) is 25.3. The van der Waals surface area contributed by atoms with Gasteiger partial charge in [0.15, 0.2) is 0 Å². The average molecular weight is 629 g/mol. The van der Waals surface area contributed by atoms with Crippen LogP contribution >= 0.6 is 35.0 Å². The van der Waals surface area contributed by atoms with Crippen molar-refractivity contribution in [3.8, 4) is 0 Å². The number of carboxylic acid groups (broad SMARTS) is 1. The van der Waals surface area contributed by atoms with E-state index in [9.17, 15) is 24.3 Å². The Morgan fingerprint density at radius 1 is 1.02 bits per heavy atom. The molecule has 42 heavy (non-hydrogen) atoms. The van der Waals surface area contributed by atoms with E-state index in [1.165, 1.54) is 17.8 Å². The van der Waals surface area contributed by atoms with Crippen LogP contribution in [0.4, 0.5) is 0 Å². The van der Waals surface area contributed by atoms with Crippen molar-refractivity contribution in [2.45, 2.75) is 30.2 Å². The minimum absolute atomic E-state index is 0.0882. The molecule has 3 aromatic rings. The van der Waals surface area contributed by atoms with Crippen molar-refractivity contribution >= 4 is 75.5 Å². The van der Waals surface area contributed by atoms with E-state index >= 15 is 0 Å². The molecule has 11 heteroatoms. The minimum Gasteiger partial charge on any atom is -0.480 e. The third-order valence-electron chi connectivity index (χ3n) is 7.23. The summed E-state index contributed by atoms with van der Waals surface area (Å²) in [6, 6.07) is 15.8. The van der Waals surface area contributed by atoms with Crippen LogP contribution in [0.2, 0.25) is 10.0 Å². The number of thioether (sulfide) groups is 1. The molecule has 0 unspecified atom stereocenters. The van der Waals surface area contributed by atoms with E-state index in [4.69, 9.17) is 23.2 Å². The fourth-order valence-electron chi connectivity index (χ4n) is 4.85. The lowest BCUT2D eigenvalue weighted by molar-refractivity contribution is -0.142. The summed E-state index contributed by atoms with van der Waals surface area (Å²) in [6.07, 6.45) is 5.81. The largest absolute Gasteiger partial charge is 0.480 e. The summed E-state index contributed by atoms with van der Waals surface area (Å²) in [7, 11) is 0. The molecular weight excluding hydrogens is 597 g/mol. The highest BCUT2D eigenvalue weighted by Gasteiger charge is 2.30. The Morgan fingerprint density at radius 2 is 1.74 bits per heavy atom. The third kappa shape index (κ3) is 7.85. The van der Waals surface area contributed by atoms with Gasteiger partial charge < -0.3 is 20.6 Å². The number of carboxylic acids is 1. The van der Waals surface area contributed by atoms with Crippen LogP contribution in [0.15, 0.2) is 65.6 Å². The zero-order valence-electron chi connectivity index (χ0n) is 22.9. The molecule has 1 aliphatic heterocycles. The maximum atomic E-state index is 12.9. The summed E-state index contributed by atoms with van der Waals surface area (Å²) < 4.78 is 0. The lowest BCUT2D eigenvalue weighted by Crippen LogP contribution is -2.51. The number of halogens is 2. The number of nitrogens with one attached hydrogen (secondary N) is 2. The normalized spacial score (nSPS) is 14.6. The van der Waals surface area contributed by atoms with E-state index in [1.54, 1.807) is 17.0 Å². The molecule has 1 heterocycles. The second-order valence-corrected chi connectivity index (χ2v) is 11.5. The van der Waals surface area contributed by atoms with Crippen LogP contribution in [-0.2, 0) is 25.6 Å². The summed E-state index contributed by atoms with van der Waals surface area (Å²) in [5.41, 5.74) is 1.46. The molecule has 0 radical (unpaired) electrons. The molecule has 0 bridgehead atoms. The van der Waals surface area contributed by atoms with Gasteiger partial charge in [-0.2, -0.15) is 0 Å². The van der Waals surface area contributed by atoms with E-state index in [0.29, 0.717) is 41.5 Å².